The fourth-order valence-corrected chi connectivity index (χ4v) is 4.24. The summed E-state index contributed by atoms with van der Waals surface area (Å²) in [5.74, 6) is 0.110. The quantitative estimate of drug-likeness (QED) is 0.415. The molecule has 1 fully saturated rings. The van der Waals surface area contributed by atoms with Gasteiger partial charge in [0.15, 0.2) is 0 Å². The summed E-state index contributed by atoms with van der Waals surface area (Å²) in [5, 5.41) is 4.28. The number of benzene rings is 1. The first-order chi connectivity index (χ1) is 15.5. The van der Waals surface area contributed by atoms with Gasteiger partial charge in [0.05, 0.1) is 29.4 Å². The fraction of sp³-hybridized carbons (Fsp3) is 0.391. The molecule has 7 nitrogen and oxygen atoms in total. The van der Waals surface area contributed by atoms with E-state index in [1.165, 1.54) is 6.07 Å². The summed E-state index contributed by atoms with van der Waals surface area (Å²) in [5.41, 5.74) is 7.00. The molecule has 3 heterocycles. The van der Waals surface area contributed by atoms with Crippen LogP contribution >= 0.6 is 11.6 Å². The predicted molar refractivity (Wildman–Crippen MR) is 127 cm³/mol. The van der Waals surface area contributed by atoms with Crippen LogP contribution in [0.5, 0.6) is 0 Å². The van der Waals surface area contributed by atoms with Crippen molar-refractivity contribution in [2.24, 2.45) is 0 Å². The topological polar surface area (TPSA) is 85.4 Å². The van der Waals surface area contributed by atoms with Crippen LogP contribution in [0.25, 0.3) is 22.0 Å². The van der Waals surface area contributed by atoms with E-state index in [0.717, 1.165) is 68.6 Å². The number of pyridine rings is 2. The smallest absolute Gasteiger partial charge is 0.258 e. The highest BCUT2D eigenvalue weighted by Gasteiger charge is 2.16. The predicted octanol–water partition coefficient (Wildman–Crippen LogP) is 3.59. The van der Waals surface area contributed by atoms with E-state index < -0.39 is 5.82 Å². The van der Waals surface area contributed by atoms with Crippen LogP contribution < -0.4 is 16.6 Å². The highest BCUT2D eigenvalue weighted by Crippen LogP contribution is 2.31. The van der Waals surface area contributed by atoms with Gasteiger partial charge in [-0.25, -0.2) is 9.37 Å². The van der Waals surface area contributed by atoms with Crippen molar-refractivity contribution in [3.8, 4) is 11.1 Å². The van der Waals surface area contributed by atoms with Gasteiger partial charge in [0, 0.05) is 55.0 Å². The van der Waals surface area contributed by atoms with E-state index in [2.05, 4.69) is 15.2 Å². The molecule has 1 aliphatic rings. The molecule has 0 radical (unpaired) electrons. The molecule has 0 aliphatic carbocycles. The maximum atomic E-state index is 13.7. The van der Waals surface area contributed by atoms with Crippen LogP contribution in [0.3, 0.4) is 0 Å². The zero-order chi connectivity index (χ0) is 22.7. The zero-order valence-corrected chi connectivity index (χ0v) is 18.8. The molecule has 3 N–H and O–H groups in total. The second-order valence-electron chi connectivity index (χ2n) is 7.82. The minimum Gasteiger partial charge on any atom is -0.396 e. The lowest BCUT2D eigenvalue weighted by Gasteiger charge is -2.26. The summed E-state index contributed by atoms with van der Waals surface area (Å²) >= 11 is 6.23. The van der Waals surface area contributed by atoms with Crippen molar-refractivity contribution >= 4 is 34.0 Å². The van der Waals surface area contributed by atoms with Crippen molar-refractivity contribution in [1.29, 1.82) is 0 Å². The molecule has 0 spiro atoms. The van der Waals surface area contributed by atoms with Gasteiger partial charge in [-0.15, -0.1) is 0 Å². The van der Waals surface area contributed by atoms with Gasteiger partial charge in [-0.05, 0) is 38.1 Å². The summed E-state index contributed by atoms with van der Waals surface area (Å²) in [6.07, 6.45) is 2.72. The van der Waals surface area contributed by atoms with Gasteiger partial charge in [-0.2, -0.15) is 0 Å². The summed E-state index contributed by atoms with van der Waals surface area (Å²) in [6.45, 7) is 7.71. The van der Waals surface area contributed by atoms with E-state index >= 15 is 0 Å². The van der Waals surface area contributed by atoms with Gasteiger partial charge >= 0.3 is 0 Å². The summed E-state index contributed by atoms with van der Waals surface area (Å²) < 4.78 is 20.8. The monoisotopic (exact) mass is 459 g/mol. The number of hydrogen-bond acceptors (Lipinski definition) is 6. The number of nitrogens with two attached hydrogens (primary N) is 1. The van der Waals surface area contributed by atoms with E-state index in [4.69, 9.17) is 22.1 Å². The molecule has 32 heavy (non-hydrogen) atoms. The minimum atomic E-state index is -0.610. The third-order valence-corrected chi connectivity index (χ3v) is 6.04. The van der Waals surface area contributed by atoms with E-state index in [1.54, 1.807) is 16.8 Å². The lowest BCUT2D eigenvalue weighted by molar-refractivity contribution is 0.0378. The Morgan fingerprint density at radius 2 is 2.00 bits per heavy atom. The normalized spacial score (nSPS) is 14.7. The van der Waals surface area contributed by atoms with E-state index in [9.17, 15) is 9.18 Å². The molecule has 4 rings (SSSR count). The van der Waals surface area contributed by atoms with Gasteiger partial charge in [0.2, 0.25) is 0 Å². The Morgan fingerprint density at radius 1 is 1.22 bits per heavy atom. The average Bonchev–Trinajstić information content (AvgIpc) is 2.80. The van der Waals surface area contributed by atoms with Gasteiger partial charge in [-0.1, -0.05) is 11.6 Å². The van der Waals surface area contributed by atoms with Crippen molar-refractivity contribution in [3.05, 3.63) is 51.7 Å². The van der Waals surface area contributed by atoms with Gasteiger partial charge in [0.25, 0.3) is 5.56 Å². The molecule has 9 heteroatoms. The molecule has 0 bridgehead atoms. The molecule has 0 amide bonds. The van der Waals surface area contributed by atoms with Gasteiger partial charge < -0.3 is 20.4 Å². The number of nitrogens with one attached hydrogen (secondary N) is 1. The summed E-state index contributed by atoms with van der Waals surface area (Å²) in [4.78, 5) is 20.1. The first kappa shape index (κ1) is 22.5. The van der Waals surface area contributed by atoms with E-state index in [0.29, 0.717) is 17.7 Å². The van der Waals surface area contributed by atoms with Crippen molar-refractivity contribution in [1.82, 2.24) is 14.5 Å². The third kappa shape index (κ3) is 4.72. The van der Waals surface area contributed by atoms with Crippen LogP contribution in [0.15, 0.2) is 35.3 Å². The van der Waals surface area contributed by atoms with E-state index in [1.807, 2.05) is 13.0 Å². The van der Waals surface area contributed by atoms with E-state index in [-0.39, 0.29) is 16.3 Å². The van der Waals surface area contributed by atoms with Crippen LogP contribution in [0.4, 0.5) is 15.9 Å². The highest BCUT2D eigenvalue weighted by atomic mass is 35.5. The Kier molecular flexibility index (Phi) is 6.93. The molecule has 1 aliphatic heterocycles. The molecule has 0 unspecified atom stereocenters. The molecular weight excluding hydrogens is 433 g/mol. The Bertz CT molecular complexity index is 1180. The Hall–Kier alpha value is -2.68. The summed E-state index contributed by atoms with van der Waals surface area (Å²) in [6, 6.07) is 6.16. The Labute approximate surface area is 190 Å². The lowest BCUT2D eigenvalue weighted by Crippen LogP contribution is -2.37. The number of hydrogen-bond donors (Lipinski definition) is 2. The summed E-state index contributed by atoms with van der Waals surface area (Å²) in [7, 11) is 0. The maximum Gasteiger partial charge on any atom is 0.258 e. The van der Waals surface area contributed by atoms with Crippen molar-refractivity contribution in [2.75, 3.05) is 50.4 Å². The largest absolute Gasteiger partial charge is 0.396 e. The van der Waals surface area contributed by atoms with Crippen LogP contribution in [0.2, 0.25) is 5.02 Å². The molecule has 1 aromatic carbocycles. The van der Waals surface area contributed by atoms with Crippen LogP contribution in [0, 0.1) is 5.82 Å². The number of nitrogens with zero attached hydrogens (tertiary/aromatic N) is 3. The first-order valence-corrected chi connectivity index (χ1v) is 11.2. The van der Waals surface area contributed by atoms with Gasteiger partial charge in [0.1, 0.15) is 11.6 Å². The van der Waals surface area contributed by atoms with Crippen LogP contribution in [-0.4, -0.2) is 53.8 Å². The highest BCUT2D eigenvalue weighted by molar-refractivity contribution is 6.33. The molecule has 2 aromatic heterocycles. The second-order valence-corrected chi connectivity index (χ2v) is 8.23. The fourth-order valence-electron chi connectivity index (χ4n) is 3.99. The number of ether oxygens (including phenoxy) is 1. The van der Waals surface area contributed by atoms with Crippen molar-refractivity contribution in [2.45, 2.75) is 19.9 Å². The SMILES string of the molecule is CCn1c(=O)c(-c2cc(N)c(F)cc2Cl)cc2cnc(NCCCN3CCOCC3)cc21. The lowest BCUT2D eigenvalue weighted by atomic mass is 10.0. The van der Waals surface area contributed by atoms with Crippen molar-refractivity contribution < 1.29 is 9.13 Å². The molecule has 0 saturated carbocycles. The molecule has 1 saturated heterocycles. The van der Waals surface area contributed by atoms with Crippen molar-refractivity contribution in [3.63, 3.8) is 0 Å². The zero-order valence-electron chi connectivity index (χ0n) is 18.0. The maximum absolute atomic E-state index is 13.7. The van der Waals surface area contributed by atoms with Crippen LogP contribution in [0.1, 0.15) is 13.3 Å². The Morgan fingerprint density at radius 3 is 2.75 bits per heavy atom. The molecule has 3 aromatic rings. The number of anilines is 2. The number of aryl methyl sites for hydroxylation is 1. The molecular formula is C23H27ClFN5O2. The number of halogens is 2. The number of morpholine rings is 1. The number of nitrogen functional groups attached to an aromatic ring is 1. The second kappa shape index (κ2) is 9.85. The number of rotatable bonds is 7. The average molecular weight is 460 g/mol. The van der Waals surface area contributed by atoms with Gasteiger partial charge in [-0.3, -0.25) is 9.69 Å². The molecule has 170 valence electrons. The standard InChI is InChI=1S/C23H27ClFN5O2/c1-2-30-21-13-22(27-4-3-5-29-6-8-32-9-7-29)28-14-15(21)10-17(23(30)31)16-11-20(26)19(25)12-18(16)24/h10-14H,2-9,26H2,1H3,(H,27,28). The van der Waals surface area contributed by atoms with Crippen LogP contribution in [-0.2, 0) is 11.3 Å². The third-order valence-electron chi connectivity index (χ3n) is 5.73. The Balaban J connectivity index is 1.58. The minimum absolute atomic E-state index is 0.0540. The first-order valence-electron chi connectivity index (χ1n) is 10.8. The molecule has 0 atom stereocenters. The number of aromatic nitrogens is 2. The number of fused-ring (bicyclic) bond motifs is 1.